The topological polar surface area (TPSA) is 73.7 Å². The first-order chi connectivity index (χ1) is 9.83. The molecule has 0 radical (unpaired) electrons. The first-order valence-corrected chi connectivity index (χ1v) is 6.99. The molecule has 0 aromatic carbocycles. The van der Waals surface area contributed by atoms with Gasteiger partial charge in [-0.3, -0.25) is 9.59 Å². The third kappa shape index (κ3) is 3.15. The molecule has 1 saturated heterocycles. The van der Waals surface area contributed by atoms with Gasteiger partial charge < -0.3 is 14.9 Å². The van der Waals surface area contributed by atoms with Crippen molar-refractivity contribution in [1.82, 2.24) is 9.88 Å². The minimum Gasteiger partial charge on any atom is -0.481 e. The fourth-order valence-electron chi connectivity index (χ4n) is 2.57. The Balaban J connectivity index is 2.15. The van der Waals surface area contributed by atoms with E-state index in [2.05, 4.69) is 4.98 Å². The lowest BCUT2D eigenvalue weighted by atomic mass is 9.82. The van der Waals surface area contributed by atoms with Crippen LogP contribution in [-0.2, 0) is 4.79 Å². The molecular formula is C15H21N3O3. The molecule has 6 heteroatoms. The Labute approximate surface area is 124 Å². The first kappa shape index (κ1) is 15.3. The van der Waals surface area contributed by atoms with Gasteiger partial charge in [0, 0.05) is 33.4 Å². The smallest absolute Gasteiger partial charge is 0.311 e. The fourth-order valence-corrected chi connectivity index (χ4v) is 2.57. The average Bonchev–Trinajstić information content (AvgIpc) is 2.46. The van der Waals surface area contributed by atoms with Crippen LogP contribution in [0.2, 0.25) is 0 Å². The molecule has 1 N–H and O–H groups in total. The van der Waals surface area contributed by atoms with Crippen molar-refractivity contribution in [3.8, 4) is 0 Å². The summed E-state index contributed by atoms with van der Waals surface area (Å²) in [5.74, 6) is -0.146. The van der Waals surface area contributed by atoms with E-state index in [1.54, 1.807) is 39.3 Å². The number of carboxylic acid groups (broad SMARTS) is 1. The Hall–Kier alpha value is -2.11. The molecule has 1 fully saturated rings. The molecule has 1 atom stereocenters. The molecule has 0 saturated carbocycles. The number of nitrogens with zero attached hydrogens (tertiary/aromatic N) is 3. The average molecular weight is 291 g/mol. The largest absolute Gasteiger partial charge is 0.481 e. The first-order valence-electron chi connectivity index (χ1n) is 6.99. The van der Waals surface area contributed by atoms with Crippen molar-refractivity contribution in [3.63, 3.8) is 0 Å². The number of carbonyl (C=O) groups excluding carboxylic acids is 1. The number of amides is 1. The van der Waals surface area contributed by atoms with E-state index in [0.29, 0.717) is 18.5 Å². The van der Waals surface area contributed by atoms with Crippen LogP contribution >= 0.6 is 0 Å². The van der Waals surface area contributed by atoms with Crippen LogP contribution in [0.4, 0.5) is 5.82 Å². The maximum Gasteiger partial charge on any atom is 0.311 e. The maximum atomic E-state index is 11.8. The second kappa shape index (κ2) is 5.71. The van der Waals surface area contributed by atoms with Crippen LogP contribution in [0.15, 0.2) is 18.3 Å². The lowest BCUT2D eigenvalue weighted by Crippen LogP contribution is -2.46. The second-order valence-electron chi connectivity index (χ2n) is 6.00. The van der Waals surface area contributed by atoms with Crippen molar-refractivity contribution in [3.05, 3.63) is 23.9 Å². The monoisotopic (exact) mass is 291 g/mol. The van der Waals surface area contributed by atoms with Crippen molar-refractivity contribution in [2.24, 2.45) is 5.41 Å². The summed E-state index contributed by atoms with van der Waals surface area (Å²) < 4.78 is 0. The number of rotatable bonds is 3. The Kier molecular flexibility index (Phi) is 4.16. The molecule has 1 aromatic rings. The Morgan fingerprint density at radius 1 is 1.38 bits per heavy atom. The van der Waals surface area contributed by atoms with Crippen LogP contribution in [0.5, 0.6) is 0 Å². The SMILES string of the molecule is CN(C)C(=O)c1ccc(N2CCCC(C)(C(=O)O)C2)nc1. The molecule has 0 aliphatic carbocycles. The maximum absolute atomic E-state index is 11.8. The summed E-state index contributed by atoms with van der Waals surface area (Å²) in [7, 11) is 3.39. The lowest BCUT2D eigenvalue weighted by molar-refractivity contribution is -0.148. The van der Waals surface area contributed by atoms with E-state index in [1.807, 2.05) is 4.90 Å². The number of anilines is 1. The normalized spacial score (nSPS) is 22.0. The van der Waals surface area contributed by atoms with E-state index in [4.69, 9.17) is 0 Å². The van der Waals surface area contributed by atoms with Gasteiger partial charge in [-0.1, -0.05) is 0 Å². The summed E-state index contributed by atoms with van der Waals surface area (Å²) in [6.45, 7) is 3.00. The minimum atomic E-state index is -0.772. The van der Waals surface area contributed by atoms with E-state index in [-0.39, 0.29) is 5.91 Å². The third-order valence-corrected chi connectivity index (χ3v) is 3.94. The van der Waals surface area contributed by atoms with Gasteiger partial charge in [0.2, 0.25) is 0 Å². The van der Waals surface area contributed by atoms with E-state index in [9.17, 15) is 14.7 Å². The highest BCUT2D eigenvalue weighted by Crippen LogP contribution is 2.31. The number of aliphatic carboxylic acids is 1. The van der Waals surface area contributed by atoms with Gasteiger partial charge in [-0.15, -0.1) is 0 Å². The highest BCUT2D eigenvalue weighted by atomic mass is 16.4. The second-order valence-corrected chi connectivity index (χ2v) is 6.00. The van der Waals surface area contributed by atoms with Crippen LogP contribution in [-0.4, -0.2) is 54.1 Å². The zero-order valence-electron chi connectivity index (χ0n) is 12.7. The van der Waals surface area contributed by atoms with E-state index in [1.165, 1.54) is 4.90 Å². The molecule has 6 nitrogen and oxygen atoms in total. The molecule has 2 heterocycles. The molecule has 0 bridgehead atoms. The van der Waals surface area contributed by atoms with Crippen LogP contribution in [0.3, 0.4) is 0 Å². The van der Waals surface area contributed by atoms with Gasteiger partial charge in [-0.2, -0.15) is 0 Å². The number of carboxylic acids is 1. The predicted molar refractivity (Wildman–Crippen MR) is 79.4 cm³/mol. The van der Waals surface area contributed by atoms with Crippen LogP contribution < -0.4 is 4.90 Å². The molecule has 1 aromatic heterocycles. The molecule has 1 amide bonds. The number of carbonyl (C=O) groups is 2. The van der Waals surface area contributed by atoms with Crippen molar-refractivity contribution >= 4 is 17.7 Å². The molecule has 1 unspecified atom stereocenters. The number of aromatic nitrogens is 1. The van der Waals surface area contributed by atoms with E-state index < -0.39 is 11.4 Å². The molecule has 0 spiro atoms. The van der Waals surface area contributed by atoms with Gasteiger partial charge in [-0.25, -0.2) is 4.98 Å². The zero-order chi connectivity index (χ0) is 15.6. The lowest BCUT2D eigenvalue weighted by Gasteiger charge is -2.38. The van der Waals surface area contributed by atoms with Gasteiger partial charge in [0.15, 0.2) is 0 Å². The van der Waals surface area contributed by atoms with Crippen molar-refractivity contribution in [2.45, 2.75) is 19.8 Å². The standard InChI is InChI=1S/C15H21N3O3/c1-15(14(20)21)7-4-8-18(10-15)12-6-5-11(9-16-12)13(19)17(2)3/h5-6,9H,4,7-8,10H2,1-3H3,(H,20,21). The summed E-state index contributed by atoms with van der Waals surface area (Å²) in [4.78, 5) is 31.0. The van der Waals surface area contributed by atoms with Crippen LogP contribution in [0, 0.1) is 5.41 Å². The van der Waals surface area contributed by atoms with Gasteiger partial charge in [0.25, 0.3) is 5.91 Å². The molecule has 2 rings (SSSR count). The summed E-state index contributed by atoms with van der Waals surface area (Å²) >= 11 is 0. The highest BCUT2D eigenvalue weighted by molar-refractivity contribution is 5.93. The predicted octanol–water partition coefficient (Wildman–Crippen LogP) is 1.47. The van der Waals surface area contributed by atoms with Crippen molar-refractivity contribution in [1.29, 1.82) is 0 Å². The Morgan fingerprint density at radius 2 is 2.10 bits per heavy atom. The number of hydrogen-bond acceptors (Lipinski definition) is 4. The molecular weight excluding hydrogens is 270 g/mol. The van der Waals surface area contributed by atoms with Gasteiger partial charge in [0.05, 0.1) is 11.0 Å². The summed E-state index contributed by atoms with van der Waals surface area (Å²) in [5.41, 5.74) is -0.209. The van der Waals surface area contributed by atoms with E-state index >= 15 is 0 Å². The fraction of sp³-hybridized carbons (Fsp3) is 0.533. The van der Waals surface area contributed by atoms with Gasteiger partial charge in [-0.05, 0) is 31.9 Å². The van der Waals surface area contributed by atoms with Crippen molar-refractivity contribution in [2.75, 3.05) is 32.1 Å². The zero-order valence-corrected chi connectivity index (χ0v) is 12.7. The van der Waals surface area contributed by atoms with E-state index in [0.717, 1.165) is 18.8 Å². The summed E-state index contributed by atoms with van der Waals surface area (Å²) in [6.07, 6.45) is 3.04. The van der Waals surface area contributed by atoms with Gasteiger partial charge in [0.1, 0.15) is 5.82 Å². The Morgan fingerprint density at radius 3 is 2.62 bits per heavy atom. The molecule has 114 valence electrons. The molecule has 1 aliphatic heterocycles. The number of pyridine rings is 1. The summed E-state index contributed by atoms with van der Waals surface area (Å²) in [6, 6.07) is 3.52. The Bertz CT molecular complexity index is 542. The number of hydrogen-bond donors (Lipinski definition) is 1. The minimum absolute atomic E-state index is 0.0944. The quantitative estimate of drug-likeness (QED) is 0.913. The van der Waals surface area contributed by atoms with Crippen LogP contribution in [0.25, 0.3) is 0 Å². The van der Waals surface area contributed by atoms with Gasteiger partial charge >= 0.3 is 5.97 Å². The summed E-state index contributed by atoms with van der Waals surface area (Å²) in [5, 5.41) is 9.34. The molecule has 1 aliphatic rings. The van der Waals surface area contributed by atoms with Crippen LogP contribution in [0.1, 0.15) is 30.1 Å². The number of piperidine rings is 1. The highest BCUT2D eigenvalue weighted by Gasteiger charge is 2.38. The molecule has 21 heavy (non-hydrogen) atoms. The third-order valence-electron chi connectivity index (χ3n) is 3.94. The van der Waals surface area contributed by atoms with Crippen molar-refractivity contribution < 1.29 is 14.7 Å².